The number of carbonyl (C=O) groups is 2. The first-order valence-corrected chi connectivity index (χ1v) is 12.5. The number of amides is 2. The van der Waals surface area contributed by atoms with Crippen LogP contribution in [0, 0.1) is 17.7 Å². The third kappa shape index (κ3) is 7.35. The molecule has 0 bridgehead atoms. The molecular formula is C20H29ClFN5O4S. The summed E-state index contributed by atoms with van der Waals surface area (Å²) in [6.45, 7) is 0.664. The number of anilines is 1. The molecule has 0 aromatic carbocycles. The Labute approximate surface area is 195 Å². The van der Waals surface area contributed by atoms with Crippen LogP contribution in [0.3, 0.4) is 0 Å². The van der Waals surface area contributed by atoms with Gasteiger partial charge in [0.25, 0.3) is 0 Å². The first-order chi connectivity index (χ1) is 15.5. The summed E-state index contributed by atoms with van der Waals surface area (Å²) in [5, 5.41) is 2.60. The molecular weight excluding hydrogens is 461 g/mol. The number of thioether (sulfide) groups is 1. The molecule has 1 aliphatic carbocycles. The average Bonchev–Trinajstić information content (AvgIpc) is 3.31. The van der Waals surface area contributed by atoms with E-state index in [1.54, 1.807) is 6.26 Å². The maximum absolute atomic E-state index is 14.2. The smallest absolute Gasteiger partial charge is 0.409 e. The van der Waals surface area contributed by atoms with E-state index in [9.17, 15) is 14.0 Å². The molecule has 178 valence electrons. The zero-order valence-corrected chi connectivity index (χ0v) is 19.6. The second-order valence-corrected chi connectivity index (χ2v) is 9.07. The summed E-state index contributed by atoms with van der Waals surface area (Å²) >= 11 is 6.99. The first-order valence-electron chi connectivity index (χ1n) is 10.8. The Morgan fingerprint density at radius 2 is 2.00 bits per heavy atom. The number of ether oxygens (including phenoxy) is 2. The van der Waals surface area contributed by atoms with Gasteiger partial charge in [-0.3, -0.25) is 15.6 Å². The normalized spacial score (nSPS) is 19.9. The quantitative estimate of drug-likeness (QED) is 0.207. The largest absolute Gasteiger partial charge is 0.420 e. The third-order valence-electron chi connectivity index (χ3n) is 5.61. The number of hydrogen-bond donors (Lipinski definition) is 3. The van der Waals surface area contributed by atoms with Crippen molar-refractivity contribution in [3.63, 3.8) is 0 Å². The third-order valence-corrected chi connectivity index (χ3v) is 6.41. The predicted molar refractivity (Wildman–Crippen MR) is 119 cm³/mol. The van der Waals surface area contributed by atoms with Gasteiger partial charge >= 0.3 is 6.09 Å². The van der Waals surface area contributed by atoms with Crippen LogP contribution in [0.1, 0.15) is 51.4 Å². The van der Waals surface area contributed by atoms with Gasteiger partial charge in [-0.15, -0.1) is 0 Å². The first kappa shape index (κ1) is 24.8. The minimum Gasteiger partial charge on any atom is -0.420 e. The standard InChI is InChI=1S/C20H29ClFN5O4S/c1-32-19-24-16(21)15(22)17(25-19)26-27-18(28)13(10-12-6-2-3-7-12)11-23-20(29)31-14-8-4-5-9-30-14/h12-14H,2-11H2,1H3,(H,23,29)(H,27,28)(H,24,25,26)/t13-,14?/m1/s1. The molecule has 1 aromatic heterocycles. The number of carbonyl (C=O) groups excluding carboxylic acids is 2. The van der Waals surface area contributed by atoms with Crippen molar-refractivity contribution in [2.75, 3.05) is 24.8 Å². The van der Waals surface area contributed by atoms with E-state index in [0.29, 0.717) is 25.4 Å². The van der Waals surface area contributed by atoms with Crippen molar-refractivity contribution < 1.29 is 23.5 Å². The van der Waals surface area contributed by atoms with Gasteiger partial charge in [-0.1, -0.05) is 49.0 Å². The van der Waals surface area contributed by atoms with E-state index in [0.717, 1.165) is 38.5 Å². The molecule has 12 heteroatoms. The van der Waals surface area contributed by atoms with Crippen LogP contribution in [0.25, 0.3) is 0 Å². The Hall–Kier alpha value is -1.85. The van der Waals surface area contributed by atoms with Crippen LogP contribution in [0.5, 0.6) is 0 Å². The molecule has 9 nitrogen and oxygen atoms in total. The molecule has 2 aliphatic rings. The van der Waals surface area contributed by atoms with Gasteiger partial charge in [0.15, 0.2) is 16.1 Å². The lowest BCUT2D eigenvalue weighted by Gasteiger charge is -2.24. The summed E-state index contributed by atoms with van der Waals surface area (Å²) in [7, 11) is 0. The molecule has 3 N–H and O–H groups in total. The van der Waals surface area contributed by atoms with Crippen LogP contribution in [0.15, 0.2) is 5.16 Å². The number of rotatable bonds is 9. The molecule has 32 heavy (non-hydrogen) atoms. The van der Waals surface area contributed by atoms with Gasteiger partial charge in [-0.2, -0.15) is 4.39 Å². The molecule has 1 aliphatic heterocycles. The molecule has 2 fully saturated rings. The zero-order valence-electron chi connectivity index (χ0n) is 18.0. The summed E-state index contributed by atoms with van der Waals surface area (Å²) in [5.41, 5.74) is 4.99. The highest BCUT2D eigenvalue weighted by molar-refractivity contribution is 7.98. The molecule has 2 heterocycles. The van der Waals surface area contributed by atoms with Crippen molar-refractivity contribution in [3.8, 4) is 0 Å². The van der Waals surface area contributed by atoms with Gasteiger partial charge in [0.05, 0.1) is 12.5 Å². The molecule has 3 rings (SSSR count). The number of nitrogens with one attached hydrogen (secondary N) is 3. The van der Waals surface area contributed by atoms with Crippen LogP contribution in [0.4, 0.5) is 15.0 Å². The van der Waals surface area contributed by atoms with Crippen molar-refractivity contribution in [2.45, 2.75) is 62.8 Å². The summed E-state index contributed by atoms with van der Waals surface area (Å²) in [6.07, 6.45) is 8.08. The molecule has 1 aromatic rings. The molecule has 0 spiro atoms. The summed E-state index contributed by atoms with van der Waals surface area (Å²) < 4.78 is 24.9. The summed E-state index contributed by atoms with van der Waals surface area (Å²) in [4.78, 5) is 32.8. The number of hydrogen-bond acceptors (Lipinski definition) is 8. The van der Waals surface area contributed by atoms with Crippen molar-refractivity contribution in [2.24, 2.45) is 11.8 Å². The van der Waals surface area contributed by atoms with E-state index < -0.39 is 24.1 Å². The molecule has 1 saturated heterocycles. The molecule has 0 radical (unpaired) electrons. The lowest BCUT2D eigenvalue weighted by atomic mass is 9.92. The highest BCUT2D eigenvalue weighted by atomic mass is 35.5. The second kappa shape index (κ2) is 12.4. The zero-order chi connectivity index (χ0) is 22.9. The molecule has 2 amide bonds. The number of halogens is 2. The minimum absolute atomic E-state index is 0.0959. The Morgan fingerprint density at radius 1 is 1.25 bits per heavy atom. The Morgan fingerprint density at radius 3 is 2.69 bits per heavy atom. The topological polar surface area (TPSA) is 114 Å². The maximum Gasteiger partial charge on any atom is 0.409 e. The van der Waals surface area contributed by atoms with Crippen LogP contribution < -0.4 is 16.2 Å². The van der Waals surface area contributed by atoms with Gasteiger partial charge in [0.2, 0.25) is 18.0 Å². The fourth-order valence-corrected chi connectivity index (χ4v) is 4.49. The highest BCUT2D eigenvalue weighted by Gasteiger charge is 2.27. The summed E-state index contributed by atoms with van der Waals surface area (Å²) in [5.74, 6) is -1.58. The van der Waals surface area contributed by atoms with Crippen LogP contribution in [-0.4, -0.2) is 47.7 Å². The summed E-state index contributed by atoms with van der Waals surface area (Å²) in [6, 6.07) is 0. The highest BCUT2D eigenvalue weighted by Crippen LogP contribution is 2.30. The molecule has 2 atom stereocenters. The van der Waals surface area contributed by atoms with Gasteiger partial charge in [0.1, 0.15) is 0 Å². The Kier molecular flexibility index (Phi) is 9.61. The number of hydrazine groups is 1. The van der Waals surface area contributed by atoms with Gasteiger partial charge < -0.3 is 14.8 Å². The van der Waals surface area contributed by atoms with Gasteiger partial charge in [0, 0.05) is 13.0 Å². The maximum atomic E-state index is 14.2. The minimum atomic E-state index is -0.855. The monoisotopic (exact) mass is 489 g/mol. The lowest BCUT2D eigenvalue weighted by molar-refractivity contribution is -0.127. The molecule has 1 unspecified atom stereocenters. The van der Waals surface area contributed by atoms with E-state index in [1.165, 1.54) is 11.8 Å². The van der Waals surface area contributed by atoms with Crippen molar-refractivity contribution in [3.05, 3.63) is 11.0 Å². The van der Waals surface area contributed by atoms with Crippen LogP contribution in [-0.2, 0) is 14.3 Å². The van der Waals surface area contributed by atoms with Gasteiger partial charge in [-0.25, -0.2) is 14.8 Å². The number of nitrogens with zero attached hydrogens (tertiary/aromatic N) is 2. The number of alkyl carbamates (subject to hydrolysis) is 1. The van der Waals surface area contributed by atoms with E-state index in [4.69, 9.17) is 21.1 Å². The van der Waals surface area contributed by atoms with Crippen molar-refractivity contribution in [1.29, 1.82) is 0 Å². The number of aromatic nitrogens is 2. The predicted octanol–water partition coefficient (Wildman–Crippen LogP) is 3.88. The van der Waals surface area contributed by atoms with Crippen LogP contribution >= 0.6 is 23.4 Å². The van der Waals surface area contributed by atoms with Crippen LogP contribution in [0.2, 0.25) is 5.15 Å². The SMILES string of the molecule is CSc1nc(Cl)c(F)c(NNC(=O)[C@@H](CNC(=O)OC2CCCCO2)CC2CCCC2)n1. The molecule has 1 saturated carbocycles. The van der Waals surface area contributed by atoms with Gasteiger partial charge in [-0.05, 0) is 31.4 Å². The van der Waals surface area contributed by atoms with Crippen molar-refractivity contribution >= 4 is 41.2 Å². The van der Waals surface area contributed by atoms with Crippen molar-refractivity contribution in [1.82, 2.24) is 20.7 Å². The van der Waals surface area contributed by atoms with E-state index >= 15 is 0 Å². The van der Waals surface area contributed by atoms with E-state index in [-0.39, 0.29) is 28.6 Å². The fraction of sp³-hybridized carbons (Fsp3) is 0.700. The fourth-order valence-electron chi connectivity index (χ4n) is 3.90. The second-order valence-electron chi connectivity index (χ2n) is 7.94. The average molecular weight is 490 g/mol. The Balaban J connectivity index is 1.56. The lowest BCUT2D eigenvalue weighted by Crippen LogP contribution is -2.43. The van der Waals surface area contributed by atoms with E-state index in [1.807, 2.05) is 0 Å². The Bertz CT molecular complexity index is 793. The van der Waals surface area contributed by atoms with E-state index in [2.05, 4.69) is 26.1 Å².